The molecule has 0 aliphatic rings. The van der Waals surface area contributed by atoms with Crippen molar-refractivity contribution in [1.82, 2.24) is 4.98 Å². The lowest BCUT2D eigenvalue weighted by atomic mass is 9.96. The van der Waals surface area contributed by atoms with Crippen LogP contribution in [0.1, 0.15) is 35.5 Å². The minimum Gasteiger partial charge on any atom is -0.397 e. The summed E-state index contributed by atoms with van der Waals surface area (Å²) in [4.78, 5) is 17.9. The van der Waals surface area contributed by atoms with Crippen LogP contribution < -0.4 is 11.5 Å². The van der Waals surface area contributed by atoms with Gasteiger partial charge in [0.1, 0.15) is 22.3 Å². The summed E-state index contributed by atoms with van der Waals surface area (Å²) in [6, 6.07) is 11.6. The molecular formula is C19H18N4OS. The fourth-order valence-corrected chi connectivity index (χ4v) is 3.91. The predicted octanol–water partition coefficient (Wildman–Crippen LogP) is 4.23. The highest BCUT2D eigenvalue weighted by Crippen LogP contribution is 2.42. The van der Waals surface area contributed by atoms with E-state index in [1.165, 1.54) is 11.3 Å². The number of hydrogen-bond donors (Lipinski definition) is 2. The van der Waals surface area contributed by atoms with Gasteiger partial charge in [0.25, 0.3) is 0 Å². The first-order valence-corrected chi connectivity index (χ1v) is 8.75. The van der Waals surface area contributed by atoms with E-state index in [1.54, 1.807) is 0 Å². The number of hydrogen-bond acceptors (Lipinski definition) is 6. The Kier molecular flexibility index (Phi) is 4.43. The van der Waals surface area contributed by atoms with Crippen LogP contribution in [0.15, 0.2) is 30.3 Å². The summed E-state index contributed by atoms with van der Waals surface area (Å²) < 4.78 is 0. The maximum atomic E-state index is 12.5. The monoisotopic (exact) mass is 350 g/mol. The molecule has 1 aromatic carbocycles. The Morgan fingerprint density at radius 2 is 1.96 bits per heavy atom. The molecule has 5 nitrogen and oxygen atoms in total. The summed E-state index contributed by atoms with van der Waals surface area (Å²) in [5.41, 5.74) is 14.5. The Labute approximate surface area is 149 Å². The number of nitrogen functional groups attached to an aromatic ring is 2. The molecule has 0 spiro atoms. The molecule has 4 N–H and O–H groups in total. The number of ketones is 1. The Morgan fingerprint density at radius 3 is 2.56 bits per heavy atom. The summed E-state index contributed by atoms with van der Waals surface area (Å²) in [6.45, 7) is 3.97. The number of anilines is 2. The first kappa shape index (κ1) is 16.9. The van der Waals surface area contributed by atoms with E-state index in [2.05, 4.69) is 11.1 Å². The summed E-state index contributed by atoms with van der Waals surface area (Å²) in [5, 5.41) is 10.2. The van der Waals surface area contributed by atoms with E-state index in [1.807, 2.05) is 44.2 Å². The largest absolute Gasteiger partial charge is 0.397 e. The number of aromatic nitrogens is 1. The van der Waals surface area contributed by atoms with E-state index < -0.39 is 0 Å². The van der Waals surface area contributed by atoms with Crippen molar-refractivity contribution < 1.29 is 4.79 Å². The van der Waals surface area contributed by atoms with Crippen molar-refractivity contribution in [3.63, 3.8) is 0 Å². The molecule has 0 radical (unpaired) electrons. The van der Waals surface area contributed by atoms with Crippen LogP contribution in [0.2, 0.25) is 0 Å². The summed E-state index contributed by atoms with van der Waals surface area (Å²) in [6.07, 6.45) is 0.415. The third-order valence-electron chi connectivity index (χ3n) is 3.93. The van der Waals surface area contributed by atoms with Crippen LogP contribution in [0.4, 0.5) is 11.5 Å². The van der Waals surface area contributed by atoms with Gasteiger partial charge in [-0.15, -0.1) is 11.3 Å². The Bertz CT molecular complexity index is 1000. The number of thiophene rings is 1. The zero-order chi connectivity index (χ0) is 18.1. The van der Waals surface area contributed by atoms with Crippen LogP contribution in [-0.2, 0) is 0 Å². The number of carbonyl (C=O) groups excluding carboxylic acids is 1. The van der Waals surface area contributed by atoms with Crippen molar-refractivity contribution in [1.29, 1.82) is 5.26 Å². The van der Waals surface area contributed by atoms with Gasteiger partial charge in [-0.3, -0.25) is 4.79 Å². The normalized spacial score (nSPS) is 11.0. The molecule has 0 atom stereocenters. The number of pyridine rings is 1. The van der Waals surface area contributed by atoms with Gasteiger partial charge in [-0.25, -0.2) is 4.98 Å². The highest BCUT2D eigenvalue weighted by Gasteiger charge is 2.24. The van der Waals surface area contributed by atoms with Gasteiger partial charge in [-0.2, -0.15) is 5.26 Å². The average molecular weight is 350 g/mol. The van der Waals surface area contributed by atoms with Crippen LogP contribution >= 0.6 is 11.3 Å². The van der Waals surface area contributed by atoms with Crippen molar-refractivity contribution in [2.75, 3.05) is 11.5 Å². The third-order valence-corrected chi connectivity index (χ3v) is 5.07. The fourth-order valence-electron chi connectivity index (χ4n) is 2.85. The molecule has 0 aliphatic carbocycles. The van der Waals surface area contributed by atoms with E-state index >= 15 is 0 Å². The van der Waals surface area contributed by atoms with Crippen molar-refractivity contribution in [2.24, 2.45) is 5.92 Å². The van der Waals surface area contributed by atoms with E-state index in [9.17, 15) is 10.1 Å². The topological polar surface area (TPSA) is 106 Å². The standard InChI is InChI=1S/C19H18N4OS/c1-10(2)8-13(24)17-16(21)15-14(11-6-4-3-5-7-11)12(9-20)18(22)23-19(15)25-17/h3-7,10H,8,21H2,1-2H3,(H2,22,23). The van der Waals surface area contributed by atoms with Gasteiger partial charge in [0.05, 0.1) is 10.6 Å². The molecule has 0 aliphatic heterocycles. The van der Waals surface area contributed by atoms with Crippen molar-refractivity contribution >= 4 is 38.8 Å². The quantitative estimate of drug-likeness (QED) is 0.685. The molecule has 0 saturated carbocycles. The number of nitrogens with two attached hydrogens (primary N) is 2. The molecule has 0 fully saturated rings. The molecule has 0 saturated heterocycles. The van der Waals surface area contributed by atoms with Gasteiger partial charge in [-0.1, -0.05) is 44.2 Å². The second-order valence-electron chi connectivity index (χ2n) is 6.27. The number of nitriles is 1. The number of fused-ring (bicyclic) bond motifs is 1. The lowest BCUT2D eigenvalue weighted by Crippen LogP contribution is -2.04. The third kappa shape index (κ3) is 2.94. The van der Waals surface area contributed by atoms with Gasteiger partial charge in [-0.05, 0) is 11.5 Å². The summed E-state index contributed by atoms with van der Waals surface area (Å²) in [7, 11) is 0. The minimum atomic E-state index is -0.00779. The molecule has 2 heterocycles. The number of carbonyl (C=O) groups is 1. The van der Waals surface area contributed by atoms with Gasteiger partial charge in [0.15, 0.2) is 5.78 Å². The molecule has 0 bridgehead atoms. The van der Waals surface area contributed by atoms with Gasteiger partial charge >= 0.3 is 0 Å². The van der Waals surface area contributed by atoms with Gasteiger partial charge < -0.3 is 11.5 Å². The average Bonchev–Trinajstić information content (AvgIpc) is 2.90. The maximum Gasteiger partial charge on any atom is 0.175 e. The van der Waals surface area contributed by atoms with Crippen molar-refractivity contribution in [3.05, 3.63) is 40.8 Å². The molecule has 0 unspecified atom stereocenters. The SMILES string of the molecule is CC(C)CC(=O)c1sc2nc(N)c(C#N)c(-c3ccccc3)c2c1N. The van der Waals surface area contributed by atoms with Crippen molar-refractivity contribution in [3.8, 4) is 17.2 Å². The summed E-state index contributed by atoms with van der Waals surface area (Å²) in [5.74, 6) is 0.378. The number of benzene rings is 1. The first-order valence-electron chi connectivity index (χ1n) is 7.94. The van der Waals surface area contributed by atoms with Crippen LogP contribution in [0.25, 0.3) is 21.3 Å². The van der Waals surface area contributed by atoms with Crippen LogP contribution in [0, 0.1) is 17.2 Å². The lowest BCUT2D eigenvalue weighted by Gasteiger charge is -2.09. The Hall–Kier alpha value is -2.91. The second kappa shape index (κ2) is 6.54. The number of rotatable bonds is 4. The highest BCUT2D eigenvalue weighted by molar-refractivity contribution is 7.21. The van der Waals surface area contributed by atoms with E-state index in [4.69, 9.17) is 11.5 Å². The predicted molar refractivity (Wildman–Crippen MR) is 102 cm³/mol. The maximum absolute atomic E-state index is 12.5. The van der Waals surface area contributed by atoms with E-state index in [-0.39, 0.29) is 23.1 Å². The number of nitrogens with zero attached hydrogens (tertiary/aromatic N) is 2. The molecule has 2 aromatic heterocycles. The highest BCUT2D eigenvalue weighted by atomic mass is 32.1. The fraction of sp³-hybridized carbons (Fsp3) is 0.211. The Morgan fingerprint density at radius 1 is 1.28 bits per heavy atom. The van der Waals surface area contributed by atoms with E-state index in [0.717, 1.165) is 5.56 Å². The Balaban J connectivity index is 2.35. The second-order valence-corrected chi connectivity index (χ2v) is 7.27. The molecule has 0 amide bonds. The van der Waals surface area contributed by atoms with Crippen LogP contribution in [0.5, 0.6) is 0 Å². The summed E-state index contributed by atoms with van der Waals surface area (Å²) >= 11 is 1.24. The number of Topliss-reactive ketones (excluding diaryl/α,β-unsaturated/α-hetero) is 1. The van der Waals surface area contributed by atoms with E-state index in [0.29, 0.717) is 32.8 Å². The molecular weight excluding hydrogens is 332 g/mol. The molecule has 126 valence electrons. The minimum absolute atomic E-state index is 0.00779. The smallest absolute Gasteiger partial charge is 0.175 e. The van der Waals surface area contributed by atoms with Crippen LogP contribution in [-0.4, -0.2) is 10.8 Å². The van der Waals surface area contributed by atoms with Gasteiger partial charge in [0.2, 0.25) is 0 Å². The first-order chi connectivity index (χ1) is 11.9. The van der Waals surface area contributed by atoms with Gasteiger partial charge in [0, 0.05) is 17.4 Å². The van der Waals surface area contributed by atoms with Crippen LogP contribution in [0.3, 0.4) is 0 Å². The molecule has 3 rings (SSSR count). The lowest BCUT2D eigenvalue weighted by molar-refractivity contribution is 0.0972. The zero-order valence-corrected chi connectivity index (χ0v) is 14.9. The molecule has 3 aromatic rings. The van der Waals surface area contributed by atoms with Crippen molar-refractivity contribution in [2.45, 2.75) is 20.3 Å². The molecule has 25 heavy (non-hydrogen) atoms. The zero-order valence-electron chi connectivity index (χ0n) is 14.0. The molecule has 6 heteroatoms.